The summed E-state index contributed by atoms with van der Waals surface area (Å²) in [5.74, 6) is 1.11. The number of aromatic nitrogens is 1. The fraction of sp³-hybridized carbons (Fsp3) is 0.500. The van der Waals surface area contributed by atoms with Crippen molar-refractivity contribution in [2.75, 3.05) is 25.0 Å². The molecular weight excluding hydrogens is 291 g/mol. The largest absolute Gasteiger partial charge is 0.367 e. The molecule has 0 spiro atoms. The van der Waals surface area contributed by atoms with Crippen molar-refractivity contribution in [2.24, 2.45) is 0 Å². The summed E-state index contributed by atoms with van der Waals surface area (Å²) in [4.78, 5) is 19.4. The van der Waals surface area contributed by atoms with E-state index in [0.717, 1.165) is 12.1 Å². The number of carbonyl (C=O) groups is 1. The van der Waals surface area contributed by atoms with Gasteiger partial charge in [-0.3, -0.25) is 0 Å². The summed E-state index contributed by atoms with van der Waals surface area (Å²) in [6.07, 6.45) is 1.80. The van der Waals surface area contributed by atoms with E-state index in [1.807, 2.05) is 0 Å². The fourth-order valence-electron chi connectivity index (χ4n) is 1.68. The first-order chi connectivity index (χ1) is 7.59. The topological polar surface area (TPSA) is 36.4 Å². The zero-order valence-electron chi connectivity index (χ0n) is 10.5. The van der Waals surface area contributed by atoms with Gasteiger partial charge in [-0.25, -0.2) is 4.79 Å². The summed E-state index contributed by atoms with van der Waals surface area (Å²) in [5.41, 5.74) is 1.07. The number of hydrogen-bond donors (Lipinski definition) is 0. The van der Waals surface area contributed by atoms with Crippen LogP contribution in [0.3, 0.4) is 0 Å². The molecule has 0 N–H and O–H groups in total. The summed E-state index contributed by atoms with van der Waals surface area (Å²) in [7, 11) is 1.80. The van der Waals surface area contributed by atoms with E-state index < -0.39 is 0 Å². The van der Waals surface area contributed by atoms with Crippen LogP contribution < -0.4 is 4.90 Å². The number of nitrogens with zero attached hydrogens (tertiary/aromatic N) is 3. The van der Waals surface area contributed by atoms with Crippen LogP contribution in [0.4, 0.5) is 10.6 Å². The Labute approximate surface area is 127 Å². The summed E-state index contributed by atoms with van der Waals surface area (Å²) < 4.78 is 0. The molecule has 5 heteroatoms. The molecule has 1 aliphatic heterocycles. The van der Waals surface area contributed by atoms with Gasteiger partial charge in [0.25, 0.3) is 0 Å². The van der Waals surface area contributed by atoms with Gasteiger partial charge in [-0.05, 0) is 5.92 Å². The summed E-state index contributed by atoms with van der Waals surface area (Å²) >= 11 is 0. The van der Waals surface area contributed by atoms with Gasteiger partial charge in [-0.2, -0.15) is 6.07 Å². The van der Waals surface area contributed by atoms with Crippen LogP contribution in [0.25, 0.3) is 0 Å². The number of rotatable bonds is 2. The van der Waals surface area contributed by atoms with Crippen LogP contribution in [0.15, 0.2) is 12.3 Å². The van der Waals surface area contributed by atoms with Gasteiger partial charge in [-0.15, -0.1) is 11.6 Å². The molecule has 1 aromatic heterocycles. The standard InChI is InChI=1S/C12H16N3O.Y/c1-9(2)10-4-5-11(13-8-10)15-7-6-14(3)12(15)16;/h5,8-9H,6-7H2,1-3H3;/q-1;. The maximum atomic E-state index is 11.7. The average Bonchev–Trinajstić information content (AvgIpc) is 2.60. The zero-order valence-corrected chi connectivity index (χ0v) is 13.3. The molecule has 0 atom stereocenters. The molecule has 2 amide bonds. The minimum absolute atomic E-state index is 0. The summed E-state index contributed by atoms with van der Waals surface area (Å²) in [6, 6.07) is 4.98. The van der Waals surface area contributed by atoms with E-state index in [2.05, 4.69) is 24.9 Å². The molecule has 2 heterocycles. The first-order valence-electron chi connectivity index (χ1n) is 5.50. The predicted molar refractivity (Wildman–Crippen MR) is 62.5 cm³/mol. The molecule has 0 aliphatic carbocycles. The van der Waals surface area contributed by atoms with Crippen LogP contribution >= 0.6 is 0 Å². The molecule has 0 unspecified atom stereocenters. The Bertz CT molecular complexity index is 391. The van der Waals surface area contributed by atoms with Gasteiger partial charge in [0.1, 0.15) is 0 Å². The van der Waals surface area contributed by atoms with Crippen LogP contribution in [0.5, 0.6) is 0 Å². The first kappa shape index (κ1) is 14.6. The van der Waals surface area contributed by atoms with Gasteiger partial charge in [0.05, 0.1) is 0 Å². The van der Waals surface area contributed by atoms with E-state index in [4.69, 9.17) is 0 Å². The third-order valence-corrected chi connectivity index (χ3v) is 2.82. The molecule has 89 valence electrons. The molecular formula is C12H16N3OY-. The van der Waals surface area contributed by atoms with Gasteiger partial charge < -0.3 is 14.8 Å². The van der Waals surface area contributed by atoms with Crippen molar-refractivity contribution in [3.63, 3.8) is 0 Å². The zero-order chi connectivity index (χ0) is 11.7. The maximum absolute atomic E-state index is 11.7. The van der Waals surface area contributed by atoms with Gasteiger partial charge in [0.2, 0.25) is 0 Å². The van der Waals surface area contributed by atoms with Gasteiger partial charge in [0.15, 0.2) is 0 Å². The Morgan fingerprint density at radius 2 is 2.12 bits per heavy atom. The molecule has 1 radical (unpaired) electrons. The second-order valence-corrected chi connectivity index (χ2v) is 4.37. The number of amides is 2. The van der Waals surface area contributed by atoms with Crippen LogP contribution in [0.2, 0.25) is 0 Å². The molecule has 17 heavy (non-hydrogen) atoms. The second-order valence-electron chi connectivity index (χ2n) is 4.37. The van der Waals surface area contributed by atoms with Gasteiger partial charge in [0, 0.05) is 58.7 Å². The number of pyridine rings is 1. The van der Waals surface area contributed by atoms with Crippen LogP contribution in [0.1, 0.15) is 25.3 Å². The van der Waals surface area contributed by atoms with E-state index in [0.29, 0.717) is 18.3 Å². The quantitative estimate of drug-likeness (QED) is 0.782. The molecule has 1 fully saturated rings. The average molecular weight is 307 g/mol. The van der Waals surface area contributed by atoms with Crippen molar-refractivity contribution < 1.29 is 37.5 Å². The first-order valence-corrected chi connectivity index (χ1v) is 5.50. The Hall–Kier alpha value is -0.476. The third kappa shape index (κ3) is 3.05. The SMILES string of the molecule is CC(C)c1[c-]cc(N2CCN(C)C2=O)nc1.[Y]. The molecule has 0 saturated carbocycles. The second kappa shape index (κ2) is 5.92. The van der Waals surface area contributed by atoms with Crippen molar-refractivity contribution in [2.45, 2.75) is 19.8 Å². The summed E-state index contributed by atoms with van der Waals surface area (Å²) in [6.45, 7) is 5.66. The Morgan fingerprint density at radius 3 is 2.53 bits per heavy atom. The monoisotopic (exact) mass is 307 g/mol. The molecule has 0 aromatic carbocycles. The van der Waals surface area contributed by atoms with Crippen LogP contribution in [-0.4, -0.2) is 36.1 Å². The Morgan fingerprint density at radius 1 is 1.41 bits per heavy atom. The minimum Gasteiger partial charge on any atom is -0.367 e. The molecule has 0 bridgehead atoms. The third-order valence-electron chi connectivity index (χ3n) is 2.82. The van der Waals surface area contributed by atoms with E-state index in [-0.39, 0.29) is 38.7 Å². The van der Waals surface area contributed by atoms with Crippen molar-refractivity contribution in [3.8, 4) is 0 Å². The predicted octanol–water partition coefficient (Wildman–Crippen LogP) is 1.87. The number of likely N-dealkylation sites (N-methyl/N-ethyl adjacent to an activating group) is 1. The van der Waals surface area contributed by atoms with E-state index in [1.54, 1.807) is 29.1 Å². The van der Waals surface area contributed by atoms with E-state index in [9.17, 15) is 4.79 Å². The number of anilines is 1. The van der Waals surface area contributed by atoms with Crippen molar-refractivity contribution in [1.29, 1.82) is 0 Å². The van der Waals surface area contributed by atoms with E-state index >= 15 is 0 Å². The number of hydrogen-bond acceptors (Lipinski definition) is 2. The molecule has 1 aliphatic rings. The van der Waals surface area contributed by atoms with Crippen LogP contribution in [0, 0.1) is 6.07 Å². The normalized spacial score (nSPS) is 15.4. The van der Waals surface area contributed by atoms with Crippen molar-refractivity contribution >= 4 is 11.8 Å². The van der Waals surface area contributed by atoms with Crippen LogP contribution in [-0.2, 0) is 32.7 Å². The maximum Gasteiger partial charge on any atom is 0.314 e. The van der Waals surface area contributed by atoms with Crippen molar-refractivity contribution in [3.05, 3.63) is 23.9 Å². The molecule has 1 aromatic rings. The van der Waals surface area contributed by atoms with Gasteiger partial charge in [-0.1, -0.05) is 20.0 Å². The molecule has 4 nitrogen and oxygen atoms in total. The summed E-state index contributed by atoms with van der Waals surface area (Å²) in [5, 5.41) is 0. The molecule has 1 saturated heterocycles. The molecule has 2 rings (SSSR count). The number of carbonyl (C=O) groups excluding carboxylic acids is 1. The Balaban J connectivity index is 0.00000144. The smallest absolute Gasteiger partial charge is 0.314 e. The number of urea groups is 1. The Kier molecular flexibility index (Phi) is 5.08. The minimum atomic E-state index is 0. The van der Waals surface area contributed by atoms with Crippen molar-refractivity contribution in [1.82, 2.24) is 9.88 Å². The fourth-order valence-corrected chi connectivity index (χ4v) is 1.68. The van der Waals surface area contributed by atoms with E-state index in [1.165, 1.54) is 0 Å². The van der Waals surface area contributed by atoms with Gasteiger partial charge >= 0.3 is 6.03 Å².